The molecule has 34 heavy (non-hydrogen) atoms. The highest BCUT2D eigenvalue weighted by molar-refractivity contribution is 5.73. The maximum Gasteiger partial charge on any atom is 0.362 e. The molecule has 4 bridgehead atoms. The molecule has 6 atom stereocenters. The predicted octanol–water partition coefficient (Wildman–Crippen LogP) is 4.35. The second-order valence-corrected chi connectivity index (χ2v) is 13.9. The summed E-state index contributed by atoms with van der Waals surface area (Å²) in [7, 11) is 0. The molecule has 0 N–H and O–H groups in total. The Kier molecular flexibility index (Phi) is 5.73. The number of hydrogen-bond acceptors (Lipinski definition) is 5. The quantitative estimate of drug-likeness (QED) is 0.421. The van der Waals surface area contributed by atoms with Gasteiger partial charge in [-0.15, -0.1) is 0 Å². The molecule has 0 aromatic heterocycles. The number of nitrogens with zero attached hydrogens (tertiary/aromatic N) is 1. The summed E-state index contributed by atoms with van der Waals surface area (Å²) in [6.07, 6.45) is 6.63. The number of carbonyl (C=O) groups is 2. The van der Waals surface area contributed by atoms with E-state index in [-0.39, 0.29) is 58.9 Å². The van der Waals surface area contributed by atoms with Crippen LogP contribution >= 0.6 is 0 Å². The standard InChI is InChI=1S/C28H46NO5/c1-25(2)19-7-9-27(25,5)21(15-19)33-23(30)17-29(11-13-32-14-12-29)18-24(31)34-22-16-20-8-10-28(22,6)26(20,3)4/h19-22H,7-18H2,1-6H3/q+1/t19-,20-,21+,22+,27-,28+/m0/s1. The first-order chi connectivity index (χ1) is 15.8. The van der Waals surface area contributed by atoms with Crippen LogP contribution in [0.2, 0.25) is 0 Å². The Morgan fingerprint density at radius 2 is 1.18 bits per heavy atom. The van der Waals surface area contributed by atoms with E-state index in [1.54, 1.807) is 0 Å². The minimum Gasteiger partial charge on any atom is -0.458 e. The number of quaternary nitrogens is 1. The Balaban J connectivity index is 1.23. The van der Waals surface area contributed by atoms with Crippen LogP contribution in [0.3, 0.4) is 0 Å². The lowest BCUT2D eigenvalue weighted by molar-refractivity contribution is -0.921. The number of carbonyl (C=O) groups excluding carboxylic acids is 2. The highest BCUT2D eigenvalue weighted by Gasteiger charge is 2.64. The van der Waals surface area contributed by atoms with Gasteiger partial charge in [0.1, 0.15) is 25.3 Å². The van der Waals surface area contributed by atoms with Crippen molar-refractivity contribution in [1.29, 1.82) is 0 Å². The molecule has 0 amide bonds. The van der Waals surface area contributed by atoms with Gasteiger partial charge >= 0.3 is 11.9 Å². The van der Waals surface area contributed by atoms with Crippen LogP contribution in [0.15, 0.2) is 0 Å². The van der Waals surface area contributed by atoms with Gasteiger partial charge in [0.2, 0.25) is 0 Å². The van der Waals surface area contributed by atoms with Crippen LogP contribution in [0.25, 0.3) is 0 Å². The fourth-order valence-electron chi connectivity index (χ4n) is 8.66. The third-order valence-corrected chi connectivity index (χ3v) is 12.3. The second kappa shape index (κ2) is 7.93. The van der Waals surface area contributed by atoms with Gasteiger partial charge in [0, 0.05) is 10.8 Å². The Bertz CT molecular complexity index is 784. The number of esters is 2. The summed E-state index contributed by atoms with van der Waals surface area (Å²) >= 11 is 0. The van der Waals surface area contributed by atoms with Crippen molar-refractivity contribution < 1.29 is 28.3 Å². The minimum absolute atomic E-state index is 0.0157. The van der Waals surface area contributed by atoms with Crippen LogP contribution in [-0.4, -0.2) is 68.0 Å². The molecule has 0 spiro atoms. The summed E-state index contributed by atoms with van der Waals surface area (Å²) in [5.74, 6) is 0.919. The zero-order valence-electron chi connectivity index (χ0n) is 22.3. The van der Waals surface area contributed by atoms with E-state index in [2.05, 4.69) is 41.5 Å². The lowest BCUT2D eigenvalue weighted by atomic mass is 9.70. The van der Waals surface area contributed by atoms with E-state index in [0.717, 1.165) is 25.7 Å². The van der Waals surface area contributed by atoms with E-state index < -0.39 is 0 Å². The van der Waals surface area contributed by atoms with Crippen LogP contribution in [0, 0.1) is 33.5 Å². The molecule has 5 fully saturated rings. The van der Waals surface area contributed by atoms with E-state index >= 15 is 0 Å². The molecule has 6 heteroatoms. The number of morpholine rings is 1. The van der Waals surface area contributed by atoms with Crippen molar-refractivity contribution in [3.8, 4) is 0 Å². The number of hydrogen-bond donors (Lipinski definition) is 0. The van der Waals surface area contributed by atoms with Crippen molar-refractivity contribution in [3.63, 3.8) is 0 Å². The van der Waals surface area contributed by atoms with Crippen molar-refractivity contribution in [3.05, 3.63) is 0 Å². The fraction of sp³-hybridized carbons (Fsp3) is 0.929. The van der Waals surface area contributed by atoms with Gasteiger partial charge in [-0.3, -0.25) is 0 Å². The molecule has 192 valence electrons. The molecular formula is C28H46NO5+. The highest BCUT2D eigenvalue weighted by Crippen LogP contribution is 2.67. The normalized spacial score (nSPS) is 43.1. The monoisotopic (exact) mass is 476 g/mol. The summed E-state index contributed by atoms with van der Waals surface area (Å²) in [6.45, 7) is 16.8. The Labute approximate surface area is 205 Å². The summed E-state index contributed by atoms with van der Waals surface area (Å²) in [6, 6.07) is 0. The predicted molar refractivity (Wildman–Crippen MR) is 129 cm³/mol. The van der Waals surface area contributed by atoms with Crippen LogP contribution in [0.5, 0.6) is 0 Å². The van der Waals surface area contributed by atoms with E-state index in [9.17, 15) is 9.59 Å². The van der Waals surface area contributed by atoms with Gasteiger partial charge in [0.05, 0.1) is 13.2 Å². The summed E-state index contributed by atoms with van der Waals surface area (Å²) < 4.78 is 18.3. The van der Waals surface area contributed by atoms with Crippen LogP contribution in [0.1, 0.15) is 80.1 Å². The van der Waals surface area contributed by atoms with Crippen LogP contribution < -0.4 is 0 Å². The first-order valence-corrected chi connectivity index (χ1v) is 13.6. The van der Waals surface area contributed by atoms with Crippen molar-refractivity contribution >= 4 is 11.9 Å². The average molecular weight is 477 g/mol. The highest BCUT2D eigenvalue weighted by atomic mass is 16.6. The average Bonchev–Trinajstić information content (AvgIpc) is 3.26. The van der Waals surface area contributed by atoms with Crippen molar-refractivity contribution in [1.82, 2.24) is 0 Å². The molecule has 6 nitrogen and oxygen atoms in total. The molecule has 5 rings (SSSR count). The summed E-state index contributed by atoms with van der Waals surface area (Å²) in [4.78, 5) is 26.5. The third-order valence-electron chi connectivity index (χ3n) is 12.3. The largest absolute Gasteiger partial charge is 0.458 e. The number of fused-ring (bicyclic) bond motifs is 4. The SMILES string of the molecule is CC1(C)[C@H]2CC[C@@]1(C)[C@H](OC(=O)C[N+]1(CC(=O)O[C@@H]3C[C@@H]4CC[C@@]3(C)C4(C)C)CCOCC1)C2. The van der Waals surface area contributed by atoms with E-state index in [1.165, 1.54) is 12.8 Å². The second-order valence-electron chi connectivity index (χ2n) is 13.9. The molecule has 4 saturated carbocycles. The zero-order chi connectivity index (χ0) is 24.6. The number of rotatable bonds is 6. The van der Waals surface area contributed by atoms with Crippen LogP contribution in [0.4, 0.5) is 0 Å². The zero-order valence-corrected chi connectivity index (χ0v) is 22.3. The molecule has 5 aliphatic rings. The maximum absolute atomic E-state index is 13.2. The van der Waals surface area contributed by atoms with Gasteiger partial charge in [-0.1, -0.05) is 41.5 Å². The Hall–Kier alpha value is -1.14. The maximum atomic E-state index is 13.2. The van der Waals surface area contributed by atoms with Crippen molar-refractivity contribution in [2.45, 2.75) is 92.3 Å². The van der Waals surface area contributed by atoms with Gasteiger partial charge in [0.15, 0.2) is 13.1 Å². The first kappa shape index (κ1) is 24.5. The lowest BCUT2D eigenvalue weighted by Gasteiger charge is -2.42. The van der Waals surface area contributed by atoms with E-state index in [4.69, 9.17) is 14.2 Å². The Morgan fingerprint density at radius 3 is 1.50 bits per heavy atom. The van der Waals surface area contributed by atoms with Crippen molar-refractivity contribution in [2.24, 2.45) is 33.5 Å². The van der Waals surface area contributed by atoms with Gasteiger partial charge in [0.25, 0.3) is 0 Å². The molecule has 0 unspecified atom stereocenters. The topological polar surface area (TPSA) is 61.8 Å². The van der Waals surface area contributed by atoms with Gasteiger partial charge in [-0.2, -0.15) is 0 Å². The fourth-order valence-corrected chi connectivity index (χ4v) is 8.66. The smallest absolute Gasteiger partial charge is 0.362 e. The molecule has 0 radical (unpaired) electrons. The first-order valence-electron chi connectivity index (χ1n) is 13.6. The molecular weight excluding hydrogens is 430 g/mol. The van der Waals surface area contributed by atoms with Gasteiger partial charge < -0.3 is 18.7 Å². The molecule has 4 aliphatic carbocycles. The van der Waals surface area contributed by atoms with Gasteiger partial charge in [-0.05, 0) is 61.2 Å². The molecule has 0 aromatic rings. The lowest BCUT2D eigenvalue weighted by Crippen LogP contribution is -2.60. The van der Waals surface area contributed by atoms with Gasteiger partial charge in [-0.25, -0.2) is 9.59 Å². The van der Waals surface area contributed by atoms with Crippen molar-refractivity contribution in [2.75, 3.05) is 39.4 Å². The molecule has 1 saturated heterocycles. The van der Waals surface area contributed by atoms with Crippen LogP contribution in [-0.2, 0) is 23.8 Å². The third kappa shape index (κ3) is 3.48. The number of ether oxygens (including phenoxy) is 3. The van der Waals surface area contributed by atoms with E-state index in [0.29, 0.717) is 42.6 Å². The molecule has 1 aliphatic heterocycles. The minimum atomic E-state index is -0.169. The summed E-state index contributed by atoms with van der Waals surface area (Å²) in [5.41, 5.74) is 0.507. The molecule has 1 heterocycles. The Morgan fingerprint density at radius 1 is 0.765 bits per heavy atom. The summed E-state index contributed by atoms with van der Waals surface area (Å²) in [5, 5.41) is 0. The molecule has 0 aromatic carbocycles. The van der Waals surface area contributed by atoms with E-state index in [1.807, 2.05) is 0 Å².